The molecule has 0 aromatic heterocycles. The van der Waals surface area contributed by atoms with Crippen LogP contribution in [0.4, 0.5) is 0 Å². The number of hydrogen-bond donors (Lipinski definition) is 0. The Morgan fingerprint density at radius 3 is 2.09 bits per heavy atom. The molecule has 3 unspecified atom stereocenters. The molecule has 0 N–H and O–H groups in total. The molecule has 0 fully saturated rings. The zero-order valence-corrected chi connectivity index (χ0v) is 23.5. The highest BCUT2D eigenvalue weighted by Crippen LogP contribution is 2.56. The monoisotopic (exact) mass is 458 g/mol. The third-order valence-electron chi connectivity index (χ3n) is 7.44. The molecule has 0 saturated carbocycles. The van der Waals surface area contributed by atoms with Gasteiger partial charge in [0.25, 0.3) is 0 Å². The number of rotatable bonds is 6. The lowest BCUT2D eigenvalue weighted by atomic mass is 10.0. The summed E-state index contributed by atoms with van der Waals surface area (Å²) in [5, 5.41) is 0. The molecule has 4 rings (SSSR count). The van der Waals surface area contributed by atoms with E-state index in [2.05, 4.69) is 115 Å². The highest BCUT2D eigenvalue weighted by atomic mass is 28.3. The van der Waals surface area contributed by atoms with Crippen molar-refractivity contribution in [3.05, 3.63) is 82.4 Å². The van der Waals surface area contributed by atoms with Gasteiger partial charge < -0.3 is 0 Å². The third-order valence-corrected chi connectivity index (χ3v) is 14.6. The summed E-state index contributed by atoms with van der Waals surface area (Å²) in [5.41, 5.74) is 11.1. The van der Waals surface area contributed by atoms with Crippen LogP contribution < -0.4 is 0 Å². The lowest BCUT2D eigenvalue weighted by Gasteiger charge is -2.44. The molecule has 3 atom stereocenters. The van der Waals surface area contributed by atoms with Crippen molar-refractivity contribution in [1.29, 1.82) is 0 Å². The van der Waals surface area contributed by atoms with Crippen LogP contribution in [-0.4, -0.2) is 16.1 Å². The van der Waals surface area contributed by atoms with Crippen molar-refractivity contribution in [2.24, 2.45) is 5.41 Å². The molecule has 0 spiro atoms. The average Bonchev–Trinajstić information content (AvgIpc) is 3.25. The maximum atomic E-state index is 2.76. The van der Waals surface area contributed by atoms with E-state index in [0.717, 1.165) is 6.42 Å². The highest BCUT2D eigenvalue weighted by Gasteiger charge is 2.50. The predicted molar refractivity (Wildman–Crippen MR) is 149 cm³/mol. The minimum Gasteiger partial charge on any atom is -0.0761 e. The van der Waals surface area contributed by atoms with Crippen LogP contribution in [0.2, 0.25) is 38.3 Å². The first kappa shape index (κ1) is 23.5. The molecule has 0 saturated heterocycles. The molecular weight excluding hydrogens is 417 g/mol. The second-order valence-corrected chi connectivity index (χ2v) is 22.9. The van der Waals surface area contributed by atoms with Crippen molar-refractivity contribution in [1.82, 2.24) is 0 Å². The Kier molecular flexibility index (Phi) is 6.09. The van der Waals surface area contributed by atoms with Crippen molar-refractivity contribution in [3.8, 4) is 0 Å². The van der Waals surface area contributed by atoms with Crippen LogP contribution in [0.25, 0.3) is 11.6 Å². The van der Waals surface area contributed by atoms with E-state index >= 15 is 0 Å². The van der Waals surface area contributed by atoms with E-state index in [0.29, 0.717) is 16.5 Å². The molecule has 2 aliphatic rings. The molecule has 0 aliphatic heterocycles. The smallest absolute Gasteiger partial charge is 0.0753 e. The van der Waals surface area contributed by atoms with Gasteiger partial charge in [-0.3, -0.25) is 0 Å². The lowest BCUT2D eigenvalue weighted by Crippen LogP contribution is -2.47. The second kappa shape index (κ2) is 8.29. The van der Waals surface area contributed by atoms with Crippen LogP contribution in [0.1, 0.15) is 67.5 Å². The van der Waals surface area contributed by atoms with Crippen molar-refractivity contribution in [2.45, 2.75) is 83.5 Å². The SMILES string of the molecule is CCC1=Cc2ccccc2C1[Si](C)(CC(C)(C)C)C1C=C(C[Si](C)(C)C)c2ccccc21. The number of allylic oxidation sites excluding steroid dienone is 3. The van der Waals surface area contributed by atoms with E-state index in [1.165, 1.54) is 17.7 Å². The molecule has 32 heavy (non-hydrogen) atoms. The Morgan fingerprint density at radius 2 is 1.47 bits per heavy atom. The van der Waals surface area contributed by atoms with E-state index in [9.17, 15) is 0 Å². The fourth-order valence-electron chi connectivity index (χ4n) is 6.72. The van der Waals surface area contributed by atoms with Crippen LogP contribution in [0.5, 0.6) is 0 Å². The van der Waals surface area contributed by atoms with Gasteiger partial charge in [-0.15, -0.1) is 0 Å². The Bertz CT molecular complexity index is 1060. The number of hydrogen-bond acceptors (Lipinski definition) is 0. The van der Waals surface area contributed by atoms with Crippen molar-refractivity contribution >= 4 is 27.8 Å². The van der Waals surface area contributed by atoms with Crippen LogP contribution in [0.15, 0.2) is 60.2 Å². The third kappa shape index (κ3) is 4.41. The molecule has 2 aliphatic carbocycles. The fourth-order valence-corrected chi connectivity index (χ4v) is 14.9. The maximum Gasteiger partial charge on any atom is 0.0753 e. The Balaban J connectivity index is 1.90. The first-order valence-electron chi connectivity index (χ1n) is 12.5. The molecule has 2 aromatic carbocycles. The van der Waals surface area contributed by atoms with Crippen LogP contribution in [0.3, 0.4) is 0 Å². The summed E-state index contributed by atoms with van der Waals surface area (Å²) in [7, 11) is -3.05. The van der Waals surface area contributed by atoms with Gasteiger partial charge >= 0.3 is 0 Å². The quantitative estimate of drug-likeness (QED) is 0.378. The van der Waals surface area contributed by atoms with Gasteiger partial charge in [0.2, 0.25) is 0 Å². The Morgan fingerprint density at radius 1 is 0.844 bits per heavy atom. The fraction of sp³-hybridized carbons (Fsp3) is 0.467. The van der Waals surface area contributed by atoms with Gasteiger partial charge in [-0.2, -0.15) is 0 Å². The number of fused-ring (bicyclic) bond motifs is 2. The first-order chi connectivity index (χ1) is 14.9. The zero-order chi connectivity index (χ0) is 23.3. The summed E-state index contributed by atoms with van der Waals surface area (Å²) in [4.78, 5) is 0. The van der Waals surface area contributed by atoms with E-state index in [1.807, 2.05) is 0 Å². The van der Waals surface area contributed by atoms with Crippen molar-refractivity contribution < 1.29 is 0 Å². The molecule has 2 heteroatoms. The molecule has 0 radical (unpaired) electrons. The minimum absolute atomic E-state index is 0.321. The maximum absolute atomic E-state index is 2.76. The minimum atomic E-state index is -1.85. The Labute approximate surface area is 198 Å². The van der Waals surface area contributed by atoms with Gasteiger partial charge in [-0.05, 0) is 51.2 Å². The van der Waals surface area contributed by atoms with Gasteiger partial charge in [-0.25, -0.2) is 0 Å². The normalized spacial score (nSPS) is 22.1. The highest BCUT2D eigenvalue weighted by molar-refractivity contribution is 6.83. The predicted octanol–water partition coefficient (Wildman–Crippen LogP) is 9.30. The number of benzene rings is 2. The second-order valence-electron chi connectivity index (χ2n) is 12.9. The Hall–Kier alpha value is -1.65. The summed E-state index contributed by atoms with van der Waals surface area (Å²) in [5.74, 6) is 0. The van der Waals surface area contributed by atoms with Crippen LogP contribution >= 0.6 is 0 Å². The molecule has 2 aromatic rings. The van der Waals surface area contributed by atoms with E-state index < -0.39 is 16.1 Å². The molecular formula is C30H42Si2. The standard InChI is InChI=1S/C30H42Si2/c1-9-22-18-23-14-10-11-16-26(23)29(22)32(8,21-30(2,3)4)28-19-24(20-31(5,6)7)25-15-12-13-17-27(25)28/h10-19,28-29H,9,20-21H2,1-8H3. The van der Waals surface area contributed by atoms with Crippen molar-refractivity contribution in [3.63, 3.8) is 0 Å². The van der Waals surface area contributed by atoms with Gasteiger partial charge in [0.1, 0.15) is 0 Å². The molecule has 0 amide bonds. The molecule has 170 valence electrons. The van der Waals surface area contributed by atoms with Crippen LogP contribution in [-0.2, 0) is 0 Å². The van der Waals surface area contributed by atoms with E-state index in [4.69, 9.17) is 0 Å². The van der Waals surface area contributed by atoms with Crippen molar-refractivity contribution in [2.75, 3.05) is 0 Å². The topological polar surface area (TPSA) is 0 Å². The van der Waals surface area contributed by atoms with Gasteiger partial charge in [0.05, 0.1) is 8.07 Å². The molecule has 0 nitrogen and oxygen atoms in total. The summed E-state index contributed by atoms with van der Waals surface area (Å²) in [6.45, 7) is 20.0. The average molecular weight is 459 g/mol. The largest absolute Gasteiger partial charge is 0.0761 e. The summed E-state index contributed by atoms with van der Waals surface area (Å²) >= 11 is 0. The van der Waals surface area contributed by atoms with E-state index in [-0.39, 0.29) is 0 Å². The summed E-state index contributed by atoms with van der Waals surface area (Å²) in [6.07, 6.45) is 6.45. The van der Waals surface area contributed by atoms with Gasteiger partial charge in [0.15, 0.2) is 0 Å². The first-order valence-corrected chi connectivity index (χ1v) is 19.1. The lowest BCUT2D eigenvalue weighted by molar-refractivity contribution is 0.456. The van der Waals surface area contributed by atoms with Gasteiger partial charge in [0, 0.05) is 13.6 Å². The molecule has 0 heterocycles. The van der Waals surface area contributed by atoms with E-state index in [1.54, 1.807) is 27.8 Å². The van der Waals surface area contributed by atoms with Crippen LogP contribution in [0, 0.1) is 5.41 Å². The summed E-state index contributed by atoms with van der Waals surface area (Å²) in [6, 6.07) is 21.3. The van der Waals surface area contributed by atoms with Gasteiger partial charge in [-0.1, -0.05) is 126 Å². The zero-order valence-electron chi connectivity index (χ0n) is 21.5. The molecule has 0 bridgehead atoms. The summed E-state index contributed by atoms with van der Waals surface area (Å²) < 4.78 is 0.